The van der Waals surface area contributed by atoms with Gasteiger partial charge in [0.2, 0.25) is 10.0 Å². The predicted octanol–water partition coefficient (Wildman–Crippen LogP) is 1.08. The molecule has 0 aliphatic rings. The van der Waals surface area contributed by atoms with Gasteiger partial charge in [-0.15, -0.1) is 0 Å². The summed E-state index contributed by atoms with van der Waals surface area (Å²) in [5.74, 6) is 0. The number of hydrogen-bond donors (Lipinski definition) is 1. The molecule has 0 bridgehead atoms. The summed E-state index contributed by atoms with van der Waals surface area (Å²) in [6, 6.07) is 1.91. The standard InChI is InChI=1S/C8H10ClN3O4S/c1-11(2)17(15,16)8-4-7(12(13)14)6(10)3-5(8)9/h3-4H,10H2,1-2H3. The van der Waals surface area contributed by atoms with Crippen LogP contribution in [-0.4, -0.2) is 31.7 Å². The van der Waals surface area contributed by atoms with Gasteiger partial charge in [0.05, 0.1) is 9.95 Å². The molecule has 0 radical (unpaired) electrons. The van der Waals surface area contributed by atoms with Crippen molar-refractivity contribution in [1.29, 1.82) is 0 Å². The first-order valence-electron chi connectivity index (χ1n) is 4.34. The van der Waals surface area contributed by atoms with Gasteiger partial charge in [-0.25, -0.2) is 12.7 Å². The van der Waals surface area contributed by atoms with E-state index >= 15 is 0 Å². The zero-order valence-corrected chi connectivity index (χ0v) is 10.6. The molecule has 7 nitrogen and oxygen atoms in total. The molecule has 9 heteroatoms. The number of hydrogen-bond acceptors (Lipinski definition) is 5. The largest absolute Gasteiger partial charge is 0.393 e. The summed E-state index contributed by atoms with van der Waals surface area (Å²) < 4.78 is 24.5. The molecule has 0 aliphatic carbocycles. The van der Waals surface area contributed by atoms with Crippen molar-refractivity contribution in [3.63, 3.8) is 0 Å². The number of benzene rings is 1. The van der Waals surface area contributed by atoms with Gasteiger partial charge in [-0.1, -0.05) is 11.6 Å². The molecule has 0 saturated carbocycles. The maximum absolute atomic E-state index is 11.8. The number of nitrogens with zero attached hydrogens (tertiary/aromatic N) is 2. The zero-order chi connectivity index (χ0) is 13.4. The van der Waals surface area contributed by atoms with Crippen LogP contribution in [0.4, 0.5) is 11.4 Å². The van der Waals surface area contributed by atoms with E-state index in [-0.39, 0.29) is 15.6 Å². The summed E-state index contributed by atoms with van der Waals surface area (Å²) >= 11 is 5.73. The third kappa shape index (κ3) is 2.48. The quantitative estimate of drug-likeness (QED) is 0.506. The minimum Gasteiger partial charge on any atom is -0.393 e. The van der Waals surface area contributed by atoms with E-state index in [1.165, 1.54) is 14.1 Å². The first-order chi connectivity index (χ1) is 7.67. The normalized spacial score (nSPS) is 11.8. The highest BCUT2D eigenvalue weighted by molar-refractivity contribution is 7.89. The highest BCUT2D eigenvalue weighted by atomic mass is 35.5. The van der Waals surface area contributed by atoms with E-state index < -0.39 is 20.6 Å². The van der Waals surface area contributed by atoms with Crippen LogP contribution in [0.3, 0.4) is 0 Å². The van der Waals surface area contributed by atoms with Gasteiger partial charge in [0.15, 0.2) is 0 Å². The maximum Gasteiger partial charge on any atom is 0.293 e. The Morgan fingerprint density at radius 3 is 2.35 bits per heavy atom. The van der Waals surface area contributed by atoms with Gasteiger partial charge in [0.25, 0.3) is 5.69 Å². The van der Waals surface area contributed by atoms with Crippen LogP contribution in [0.25, 0.3) is 0 Å². The van der Waals surface area contributed by atoms with Crippen LogP contribution in [0.5, 0.6) is 0 Å². The molecule has 17 heavy (non-hydrogen) atoms. The molecule has 0 unspecified atom stereocenters. The molecule has 0 aromatic heterocycles. The van der Waals surface area contributed by atoms with Gasteiger partial charge in [0.1, 0.15) is 10.6 Å². The Morgan fingerprint density at radius 2 is 1.94 bits per heavy atom. The van der Waals surface area contributed by atoms with E-state index in [0.717, 1.165) is 16.4 Å². The second kappa shape index (κ2) is 4.47. The molecule has 0 aliphatic heterocycles. The van der Waals surface area contributed by atoms with Crippen LogP contribution in [0.1, 0.15) is 0 Å². The van der Waals surface area contributed by atoms with E-state index in [1.54, 1.807) is 0 Å². The monoisotopic (exact) mass is 279 g/mol. The van der Waals surface area contributed by atoms with Crippen molar-refractivity contribution in [2.45, 2.75) is 4.90 Å². The van der Waals surface area contributed by atoms with Crippen LogP contribution in [-0.2, 0) is 10.0 Å². The van der Waals surface area contributed by atoms with Crippen molar-refractivity contribution in [3.05, 3.63) is 27.3 Å². The molecule has 0 heterocycles. The molecule has 1 aromatic rings. The van der Waals surface area contributed by atoms with Crippen molar-refractivity contribution in [3.8, 4) is 0 Å². The molecule has 1 aromatic carbocycles. The molecular formula is C8H10ClN3O4S. The van der Waals surface area contributed by atoms with E-state index in [4.69, 9.17) is 17.3 Å². The molecule has 0 saturated heterocycles. The fourth-order valence-electron chi connectivity index (χ4n) is 1.11. The van der Waals surface area contributed by atoms with Gasteiger partial charge in [0, 0.05) is 20.2 Å². The topological polar surface area (TPSA) is 107 Å². The zero-order valence-electron chi connectivity index (χ0n) is 9.05. The first kappa shape index (κ1) is 13.7. The molecule has 94 valence electrons. The Hall–Kier alpha value is -1.38. The minimum absolute atomic E-state index is 0.151. The molecule has 2 N–H and O–H groups in total. The Bertz CT molecular complexity index is 570. The lowest BCUT2D eigenvalue weighted by Gasteiger charge is -2.12. The smallest absolute Gasteiger partial charge is 0.293 e. The van der Waals surface area contributed by atoms with Crippen molar-refractivity contribution >= 4 is 33.0 Å². The predicted molar refractivity (Wildman–Crippen MR) is 63.4 cm³/mol. The molecule has 0 atom stereocenters. The highest BCUT2D eigenvalue weighted by Crippen LogP contribution is 2.32. The number of nitro groups is 1. The van der Waals surface area contributed by atoms with Gasteiger partial charge in [-0.05, 0) is 6.07 Å². The van der Waals surface area contributed by atoms with E-state index in [9.17, 15) is 18.5 Å². The number of rotatable bonds is 3. The van der Waals surface area contributed by atoms with Gasteiger partial charge < -0.3 is 5.73 Å². The summed E-state index contributed by atoms with van der Waals surface area (Å²) in [4.78, 5) is 9.55. The lowest BCUT2D eigenvalue weighted by Crippen LogP contribution is -2.22. The van der Waals surface area contributed by atoms with Crippen molar-refractivity contribution < 1.29 is 13.3 Å². The van der Waals surface area contributed by atoms with Gasteiger partial charge >= 0.3 is 0 Å². The summed E-state index contributed by atoms with van der Waals surface area (Å²) in [6.45, 7) is 0. The second-order valence-corrected chi connectivity index (χ2v) is 5.91. The van der Waals surface area contributed by atoms with Crippen molar-refractivity contribution in [2.24, 2.45) is 0 Å². The number of halogens is 1. The fraction of sp³-hybridized carbons (Fsp3) is 0.250. The third-order valence-corrected chi connectivity index (χ3v) is 4.32. The molecule has 0 spiro atoms. The maximum atomic E-state index is 11.8. The Labute approximate surface area is 103 Å². The van der Waals surface area contributed by atoms with E-state index in [1.807, 2.05) is 0 Å². The number of nitrogens with two attached hydrogens (primary N) is 1. The first-order valence-corrected chi connectivity index (χ1v) is 6.15. The highest BCUT2D eigenvalue weighted by Gasteiger charge is 2.25. The van der Waals surface area contributed by atoms with Crippen LogP contribution in [0, 0.1) is 10.1 Å². The number of nitrogen functional groups attached to an aromatic ring is 1. The molecule has 0 fully saturated rings. The molecule has 0 amide bonds. The second-order valence-electron chi connectivity index (χ2n) is 3.39. The molecule has 1 rings (SSSR count). The number of sulfonamides is 1. The summed E-state index contributed by atoms with van der Waals surface area (Å²) in [5, 5.41) is 10.5. The van der Waals surface area contributed by atoms with Gasteiger partial charge in [-0.3, -0.25) is 10.1 Å². The average molecular weight is 280 g/mol. The minimum atomic E-state index is -3.84. The average Bonchev–Trinajstić information content (AvgIpc) is 2.15. The lowest BCUT2D eigenvalue weighted by atomic mass is 10.3. The Morgan fingerprint density at radius 1 is 1.41 bits per heavy atom. The SMILES string of the molecule is CN(C)S(=O)(=O)c1cc([N+](=O)[O-])c(N)cc1Cl. The number of anilines is 1. The van der Waals surface area contributed by atoms with Crippen molar-refractivity contribution in [1.82, 2.24) is 4.31 Å². The summed E-state index contributed by atoms with van der Waals surface area (Å²) in [5.41, 5.74) is 4.70. The summed E-state index contributed by atoms with van der Waals surface area (Å²) in [7, 11) is -1.24. The van der Waals surface area contributed by atoms with E-state index in [2.05, 4.69) is 0 Å². The van der Waals surface area contributed by atoms with Crippen LogP contribution in [0.2, 0.25) is 5.02 Å². The molecular weight excluding hydrogens is 270 g/mol. The van der Waals surface area contributed by atoms with Crippen molar-refractivity contribution in [2.75, 3.05) is 19.8 Å². The van der Waals surface area contributed by atoms with Crippen LogP contribution >= 0.6 is 11.6 Å². The summed E-state index contributed by atoms with van der Waals surface area (Å²) in [6.07, 6.45) is 0. The van der Waals surface area contributed by atoms with Crippen LogP contribution in [0.15, 0.2) is 17.0 Å². The number of nitro benzene ring substituents is 1. The Balaban J connectivity index is 3.57. The lowest BCUT2D eigenvalue weighted by molar-refractivity contribution is -0.384. The third-order valence-electron chi connectivity index (χ3n) is 2.04. The van der Waals surface area contributed by atoms with E-state index in [0.29, 0.717) is 0 Å². The fourth-order valence-corrected chi connectivity index (χ4v) is 2.53. The van der Waals surface area contributed by atoms with Gasteiger partial charge in [-0.2, -0.15) is 0 Å². The Kier molecular flexibility index (Phi) is 3.60. The van der Waals surface area contributed by atoms with Crippen LogP contribution < -0.4 is 5.73 Å².